The predicted octanol–water partition coefficient (Wildman–Crippen LogP) is 1.82. The summed E-state index contributed by atoms with van der Waals surface area (Å²) in [7, 11) is 0. The van der Waals surface area contributed by atoms with Gasteiger partial charge in [-0.2, -0.15) is 0 Å². The first kappa shape index (κ1) is 14.1. The molecule has 2 N–H and O–H groups in total. The molecule has 0 saturated carbocycles. The smallest absolute Gasteiger partial charge is 0.230 e. The van der Waals surface area contributed by atoms with Crippen molar-refractivity contribution in [2.75, 3.05) is 18.4 Å². The van der Waals surface area contributed by atoms with E-state index >= 15 is 0 Å². The summed E-state index contributed by atoms with van der Waals surface area (Å²) in [4.78, 5) is 12.0. The Morgan fingerprint density at radius 1 is 1.43 bits per heavy atom. The van der Waals surface area contributed by atoms with Gasteiger partial charge in [-0.05, 0) is 24.6 Å². The molecule has 110 valence electrons. The van der Waals surface area contributed by atoms with Crippen molar-refractivity contribution in [1.29, 1.82) is 0 Å². The molecule has 1 aromatic carbocycles. The van der Waals surface area contributed by atoms with Gasteiger partial charge < -0.3 is 10.6 Å². The van der Waals surface area contributed by atoms with Crippen molar-refractivity contribution in [3.8, 4) is 0 Å². The van der Waals surface area contributed by atoms with Crippen molar-refractivity contribution in [2.24, 2.45) is 5.92 Å². The fourth-order valence-electron chi connectivity index (χ4n) is 2.27. The van der Waals surface area contributed by atoms with E-state index < -0.39 is 0 Å². The third-order valence-electron chi connectivity index (χ3n) is 3.43. The van der Waals surface area contributed by atoms with Crippen molar-refractivity contribution < 1.29 is 9.18 Å². The minimum absolute atomic E-state index is 0.0103. The first-order valence-corrected chi connectivity index (χ1v) is 7.61. The molecule has 1 atom stereocenters. The lowest BCUT2D eigenvalue weighted by molar-refractivity contribution is -0.119. The molecule has 21 heavy (non-hydrogen) atoms. The number of nitrogens with one attached hydrogen (secondary N) is 2. The van der Waals surface area contributed by atoms with Crippen LogP contribution in [0.5, 0.6) is 0 Å². The highest BCUT2D eigenvalue weighted by Gasteiger charge is 2.23. The van der Waals surface area contributed by atoms with E-state index in [9.17, 15) is 9.18 Å². The Kier molecular flexibility index (Phi) is 4.21. The molecular formula is C14H15FN4OS. The van der Waals surface area contributed by atoms with Crippen LogP contribution < -0.4 is 10.6 Å². The number of hydrogen-bond acceptors (Lipinski definition) is 5. The number of carbonyl (C=O) groups is 1. The molecule has 0 aliphatic carbocycles. The number of nitrogens with zero attached hydrogens (tertiary/aromatic N) is 2. The summed E-state index contributed by atoms with van der Waals surface area (Å²) < 4.78 is 13.6. The van der Waals surface area contributed by atoms with Crippen molar-refractivity contribution in [3.05, 3.63) is 40.7 Å². The van der Waals surface area contributed by atoms with Crippen LogP contribution in [0.15, 0.2) is 24.3 Å². The Hall–Kier alpha value is -1.86. The van der Waals surface area contributed by atoms with E-state index in [1.54, 1.807) is 18.2 Å². The van der Waals surface area contributed by atoms with Gasteiger partial charge in [-0.1, -0.05) is 29.5 Å². The lowest BCUT2D eigenvalue weighted by Gasteiger charge is -2.06. The topological polar surface area (TPSA) is 66.9 Å². The largest absolute Gasteiger partial charge is 0.316 e. The molecule has 0 radical (unpaired) electrons. The molecule has 0 spiro atoms. The van der Waals surface area contributed by atoms with Crippen LogP contribution >= 0.6 is 11.3 Å². The van der Waals surface area contributed by atoms with Gasteiger partial charge in [0.1, 0.15) is 10.8 Å². The van der Waals surface area contributed by atoms with E-state index in [4.69, 9.17) is 0 Å². The third kappa shape index (κ3) is 3.43. The average molecular weight is 306 g/mol. The van der Waals surface area contributed by atoms with Crippen LogP contribution in [-0.4, -0.2) is 29.2 Å². The molecule has 3 rings (SSSR count). The minimum atomic E-state index is -0.254. The summed E-state index contributed by atoms with van der Waals surface area (Å²) in [6.07, 6.45) is 1.22. The van der Waals surface area contributed by atoms with Crippen LogP contribution in [0.2, 0.25) is 0 Å². The number of anilines is 1. The maximum absolute atomic E-state index is 13.6. The van der Waals surface area contributed by atoms with Crippen LogP contribution in [-0.2, 0) is 11.2 Å². The number of carbonyl (C=O) groups excluding carboxylic acids is 1. The highest BCUT2D eigenvalue weighted by molar-refractivity contribution is 7.15. The normalized spacial score (nSPS) is 17.9. The van der Waals surface area contributed by atoms with E-state index in [1.165, 1.54) is 17.4 Å². The van der Waals surface area contributed by atoms with Gasteiger partial charge in [0.25, 0.3) is 0 Å². The lowest BCUT2D eigenvalue weighted by Crippen LogP contribution is -2.24. The number of aromatic nitrogens is 2. The number of amides is 1. The van der Waals surface area contributed by atoms with E-state index in [-0.39, 0.29) is 17.6 Å². The summed E-state index contributed by atoms with van der Waals surface area (Å²) in [5.41, 5.74) is 0.575. The SMILES string of the molecule is O=C(Nc1nnc(Cc2ccccc2F)s1)C1CCNC1. The Morgan fingerprint density at radius 3 is 3.05 bits per heavy atom. The number of hydrogen-bond donors (Lipinski definition) is 2. The molecule has 1 aliphatic rings. The van der Waals surface area contributed by atoms with Gasteiger partial charge in [0, 0.05) is 13.0 Å². The van der Waals surface area contributed by atoms with Gasteiger partial charge in [0.15, 0.2) is 0 Å². The van der Waals surface area contributed by atoms with Gasteiger partial charge >= 0.3 is 0 Å². The second-order valence-electron chi connectivity index (χ2n) is 4.95. The summed E-state index contributed by atoms with van der Waals surface area (Å²) in [6.45, 7) is 1.57. The number of halogens is 1. The molecule has 1 saturated heterocycles. The molecule has 1 aromatic heterocycles. The van der Waals surface area contributed by atoms with Gasteiger partial charge in [-0.25, -0.2) is 4.39 Å². The summed E-state index contributed by atoms with van der Waals surface area (Å²) in [6, 6.07) is 6.58. The van der Waals surface area contributed by atoms with Crippen molar-refractivity contribution in [1.82, 2.24) is 15.5 Å². The van der Waals surface area contributed by atoms with Crippen molar-refractivity contribution >= 4 is 22.4 Å². The average Bonchev–Trinajstić information content (AvgIpc) is 3.13. The fraction of sp³-hybridized carbons (Fsp3) is 0.357. The molecule has 1 amide bonds. The summed E-state index contributed by atoms with van der Waals surface area (Å²) >= 11 is 1.28. The Morgan fingerprint density at radius 2 is 2.29 bits per heavy atom. The summed E-state index contributed by atoms with van der Waals surface area (Å²) in [5.74, 6) is -0.298. The number of rotatable bonds is 4. The molecular weight excluding hydrogens is 291 g/mol. The third-order valence-corrected chi connectivity index (χ3v) is 4.27. The van der Waals surface area contributed by atoms with Crippen LogP contribution in [0.4, 0.5) is 9.52 Å². The molecule has 2 heterocycles. The van der Waals surface area contributed by atoms with Crippen LogP contribution in [0.3, 0.4) is 0 Å². The van der Waals surface area contributed by atoms with Gasteiger partial charge in [0.05, 0.1) is 5.92 Å². The Labute approximate surface area is 125 Å². The molecule has 2 aromatic rings. The van der Waals surface area contributed by atoms with Crippen molar-refractivity contribution in [2.45, 2.75) is 12.8 Å². The molecule has 1 fully saturated rings. The zero-order chi connectivity index (χ0) is 14.7. The van der Waals surface area contributed by atoms with E-state index in [2.05, 4.69) is 20.8 Å². The molecule has 5 nitrogen and oxygen atoms in total. The minimum Gasteiger partial charge on any atom is -0.316 e. The van der Waals surface area contributed by atoms with Crippen LogP contribution in [0, 0.1) is 11.7 Å². The second-order valence-corrected chi connectivity index (χ2v) is 6.01. The van der Waals surface area contributed by atoms with Crippen molar-refractivity contribution in [3.63, 3.8) is 0 Å². The first-order valence-electron chi connectivity index (χ1n) is 6.80. The van der Waals surface area contributed by atoms with Gasteiger partial charge in [-0.3, -0.25) is 4.79 Å². The standard InChI is InChI=1S/C14H15FN4OS/c15-11-4-2-1-3-9(11)7-12-18-19-14(21-12)17-13(20)10-5-6-16-8-10/h1-4,10,16H,5-8H2,(H,17,19,20). The number of benzene rings is 1. The van der Waals surface area contributed by atoms with Crippen LogP contribution in [0.25, 0.3) is 0 Å². The fourth-order valence-corrected chi connectivity index (χ4v) is 3.03. The highest BCUT2D eigenvalue weighted by atomic mass is 32.1. The lowest BCUT2D eigenvalue weighted by atomic mass is 10.1. The highest BCUT2D eigenvalue weighted by Crippen LogP contribution is 2.21. The Balaban J connectivity index is 1.63. The maximum Gasteiger partial charge on any atom is 0.230 e. The van der Waals surface area contributed by atoms with Gasteiger partial charge in [0.2, 0.25) is 11.0 Å². The van der Waals surface area contributed by atoms with E-state index in [1.807, 2.05) is 0 Å². The van der Waals surface area contributed by atoms with Gasteiger partial charge in [-0.15, -0.1) is 10.2 Å². The monoisotopic (exact) mass is 306 g/mol. The maximum atomic E-state index is 13.6. The second kappa shape index (κ2) is 6.28. The molecule has 1 aliphatic heterocycles. The first-order chi connectivity index (χ1) is 10.2. The molecule has 0 bridgehead atoms. The molecule has 1 unspecified atom stereocenters. The summed E-state index contributed by atoms with van der Waals surface area (Å²) in [5, 5.41) is 15.0. The quantitative estimate of drug-likeness (QED) is 0.904. The van der Waals surface area contributed by atoms with E-state index in [0.29, 0.717) is 28.7 Å². The predicted molar refractivity (Wildman–Crippen MR) is 78.7 cm³/mol. The zero-order valence-corrected chi connectivity index (χ0v) is 12.1. The zero-order valence-electron chi connectivity index (χ0n) is 11.3. The van der Waals surface area contributed by atoms with Crippen LogP contribution in [0.1, 0.15) is 17.0 Å². The molecule has 7 heteroatoms. The Bertz CT molecular complexity index is 639. The van der Waals surface area contributed by atoms with E-state index in [0.717, 1.165) is 13.0 Å².